The molecule has 1 heterocycles. The van der Waals surface area contributed by atoms with E-state index in [4.69, 9.17) is 0 Å². The van der Waals surface area contributed by atoms with Gasteiger partial charge < -0.3 is 4.98 Å². The van der Waals surface area contributed by atoms with Crippen molar-refractivity contribution in [3.05, 3.63) is 34.4 Å². The van der Waals surface area contributed by atoms with Gasteiger partial charge in [0.1, 0.15) is 0 Å². The molecule has 2 nitrogen and oxygen atoms in total. The van der Waals surface area contributed by atoms with Crippen LogP contribution >= 0.6 is 15.9 Å². The zero-order valence-corrected chi connectivity index (χ0v) is 11.5. The molecule has 2 rings (SSSR count). The van der Waals surface area contributed by atoms with Gasteiger partial charge in [0, 0.05) is 27.1 Å². The van der Waals surface area contributed by atoms with Crippen LogP contribution in [0.2, 0.25) is 0 Å². The number of aromatic amines is 1. The highest BCUT2D eigenvalue weighted by Gasteiger charge is 2.61. The lowest BCUT2D eigenvalue weighted by Gasteiger charge is -2.21. The van der Waals surface area contributed by atoms with Crippen molar-refractivity contribution in [2.45, 2.75) is 12.4 Å². The Balaban J connectivity index is 2.54. The second-order valence-corrected chi connectivity index (χ2v) is 5.19. The van der Waals surface area contributed by atoms with E-state index in [1.54, 1.807) is 0 Å². The van der Waals surface area contributed by atoms with Crippen LogP contribution in [0.5, 0.6) is 0 Å². The fraction of sp³-hybridized carbons (Fsp3) is 0.250. The first-order valence-corrected chi connectivity index (χ1v) is 6.25. The molecule has 0 saturated heterocycles. The number of carbonyl (C=O) groups excluding carboxylic acids is 1. The minimum atomic E-state index is -5.70. The summed E-state index contributed by atoms with van der Waals surface area (Å²) in [7, 11) is 0. The standard InChI is InChI=1S/C12H6BrF6NO/c13-5-1-2-6-7(4-20-8(6)3-5)9(21)10(11(14,15)16)12(17,18)19/h1-4,10,20H. The lowest BCUT2D eigenvalue weighted by molar-refractivity contribution is -0.264. The summed E-state index contributed by atoms with van der Waals surface area (Å²) in [5, 5.41) is 0.00157. The Morgan fingerprint density at radius 1 is 1.10 bits per heavy atom. The summed E-state index contributed by atoms with van der Waals surface area (Å²) in [5.41, 5.74) is -0.382. The summed E-state index contributed by atoms with van der Waals surface area (Å²) in [6, 6.07) is 4.14. The molecular formula is C12H6BrF6NO. The maximum Gasteiger partial charge on any atom is 0.407 e. The maximum absolute atomic E-state index is 12.6. The van der Waals surface area contributed by atoms with Crippen LogP contribution < -0.4 is 0 Å². The number of Topliss-reactive ketones (excluding diaryl/α,β-unsaturated/α-hetero) is 1. The summed E-state index contributed by atoms with van der Waals surface area (Å²) in [5.74, 6) is -6.06. The average Bonchev–Trinajstić information content (AvgIpc) is 2.67. The highest BCUT2D eigenvalue weighted by molar-refractivity contribution is 9.10. The summed E-state index contributed by atoms with van der Waals surface area (Å²) in [6.45, 7) is 0. The van der Waals surface area contributed by atoms with Crippen molar-refractivity contribution in [1.29, 1.82) is 0 Å². The molecule has 0 atom stereocenters. The first kappa shape index (κ1) is 15.9. The van der Waals surface area contributed by atoms with Gasteiger partial charge in [-0.3, -0.25) is 4.79 Å². The average molecular weight is 374 g/mol. The van der Waals surface area contributed by atoms with Crippen LogP contribution in [0, 0.1) is 5.92 Å². The lowest BCUT2D eigenvalue weighted by Crippen LogP contribution is -2.42. The predicted octanol–water partition coefficient (Wildman–Crippen LogP) is 4.85. The Labute approximate surface area is 122 Å². The van der Waals surface area contributed by atoms with Crippen molar-refractivity contribution < 1.29 is 31.1 Å². The van der Waals surface area contributed by atoms with E-state index in [2.05, 4.69) is 20.9 Å². The summed E-state index contributed by atoms with van der Waals surface area (Å²) in [4.78, 5) is 14.2. The van der Waals surface area contributed by atoms with Gasteiger partial charge in [-0.25, -0.2) is 0 Å². The van der Waals surface area contributed by atoms with Crippen molar-refractivity contribution in [1.82, 2.24) is 4.98 Å². The molecule has 0 aliphatic carbocycles. The summed E-state index contributed by atoms with van der Waals surface area (Å²) in [6.07, 6.45) is -10.5. The van der Waals surface area contributed by atoms with E-state index < -0.39 is 29.6 Å². The largest absolute Gasteiger partial charge is 0.407 e. The Morgan fingerprint density at radius 2 is 1.67 bits per heavy atom. The number of nitrogens with one attached hydrogen (secondary N) is 1. The normalized spacial score (nSPS) is 13.1. The number of aromatic nitrogens is 1. The molecule has 114 valence electrons. The number of hydrogen-bond acceptors (Lipinski definition) is 1. The maximum atomic E-state index is 12.6. The van der Waals surface area contributed by atoms with E-state index in [9.17, 15) is 31.1 Å². The molecule has 1 aromatic heterocycles. The third-order valence-electron chi connectivity index (χ3n) is 2.83. The topological polar surface area (TPSA) is 32.9 Å². The Hall–Kier alpha value is -1.51. The van der Waals surface area contributed by atoms with E-state index in [1.807, 2.05) is 0 Å². The van der Waals surface area contributed by atoms with Crippen LogP contribution in [0.25, 0.3) is 10.9 Å². The van der Waals surface area contributed by atoms with Crippen LogP contribution in [0.3, 0.4) is 0 Å². The van der Waals surface area contributed by atoms with E-state index in [0.29, 0.717) is 4.47 Å². The molecule has 9 heteroatoms. The Morgan fingerprint density at radius 3 is 2.19 bits per heavy atom. The molecule has 1 aromatic carbocycles. The van der Waals surface area contributed by atoms with Crippen LogP contribution in [0.4, 0.5) is 26.3 Å². The first-order chi connectivity index (χ1) is 9.51. The van der Waals surface area contributed by atoms with E-state index in [0.717, 1.165) is 6.20 Å². The molecule has 0 amide bonds. The van der Waals surface area contributed by atoms with Gasteiger partial charge in [0.05, 0.1) is 0 Å². The molecule has 0 unspecified atom stereocenters. The zero-order valence-electron chi connectivity index (χ0n) is 9.94. The van der Waals surface area contributed by atoms with Crippen molar-refractivity contribution in [3.8, 4) is 0 Å². The van der Waals surface area contributed by atoms with Crippen LogP contribution in [0.15, 0.2) is 28.9 Å². The molecule has 1 N–H and O–H groups in total. The van der Waals surface area contributed by atoms with E-state index in [1.165, 1.54) is 18.2 Å². The van der Waals surface area contributed by atoms with E-state index in [-0.39, 0.29) is 10.9 Å². The number of hydrogen-bond donors (Lipinski definition) is 1. The Kier molecular flexibility index (Phi) is 3.81. The number of alkyl halides is 6. The second kappa shape index (κ2) is 5.04. The number of carbonyl (C=O) groups is 1. The fourth-order valence-electron chi connectivity index (χ4n) is 1.94. The van der Waals surface area contributed by atoms with Gasteiger partial charge in [-0.15, -0.1) is 0 Å². The van der Waals surface area contributed by atoms with E-state index >= 15 is 0 Å². The Bertz CT molecular complexity index is 673. The third-order valence-corrected chi connectivity index (χ3v) is 3.32. The molecule has 0 aliphatic heterocycles. The van der Waals surface area contributed by atoms with Gasteiger partial charge in [0.15, 0.2) is 5.78 Å². The van der Waals surface area contributed by atoms with Crippen LogP contribution in [-0.2, 0) is 0 Å². The molecule has 0 fully saturated rings. The lowest BCUT2D eigenvalue weighted by atomic mass is 9.96. The molecule has 0 spiro atoms. The number of halogens is 7. The van der Waals surface area contributed by atoms with Crippen LogP contribution in [-0.4, -0.2) is 23.1 Å². The smallest absolute Gasteiger partial charge is 0.360 e. The first-order valence-electron chi connectivity index (χ1n) is 5.46. The molecular weight excluding hydrogens is 368 g/mol. The molecule has 0 saturated carbocycles. The van der Waals surface area contributed by atoms with Crippen molar-refractivity contribution in [3.63, 3.8) is 0 Å². The summed E-state index contributed by atoms with van der Waals surface area (Å²) < 4.78 is 76.0. The third kappa shape index (κ3) is 3.07. The van der Waals surface area contributed by atoms with Gasteiger partial charge in [-0.1, -0.05) is 22.0 Å². The molecule has 2 aromatic rings. The fourth-order valence-corrected chi connectivity index (χ4v) is 2.30. The molecule has 0 bridgehead atoms. The predicted molar refractivity (Wildman–Crippen MR) is 65.9 cm³/mol. The van der Waals surface area contributed by atoms with Gasteiger partial charge in [0.2, 0.25) is 5.92 Å². The highest BCUT2D eigenvalue weighted by Crippen LogP contribution is 2.42. The SMILES string of the molecule is O=C(c1c[nH]c2cc(Br)ccc12)C(C(F)(F)F)C(F)(F)F. The number of fused-ring (bicyclic) bond motifs is 1. The van der Waals surface area contributed by atoms with Gasteiger partial charge >= 0.3 is 12.4 Å². The number of benzene rings is 1. The number of H-pyrrole nitrogens is 1. The molecule has 21 heavy (non-hydrogen) atoms. The number of rotatable bonds is 2. The van der Waals surface area contributed by atoms with Gasteiger partial charge in [-0.2, -0.15) is 26.3 Å². The minimum Gasteiger partial charge on any atom is -0.360 e. The number of ketones is 1. The zero-order chi connectivity index (χ0) is 16.0. The van der Waals surface area contributed by atoms with Crippen molar-refractivity contribution in [2.24, 2.45) is 5.92 Å². The van der Waals surface area contributed by atoms with Crippen molar-refractivity contribution >= 4 is 32.6 Å². The van der Waals surface area contributed by atoms with Crippen LogP contribution in [0.1, 0.15) is 10.4 Å². The van der Waals surface area contributed by atoms with Gasteiger partial charge in [-0.05, 0) is 12.1 Å². The highest BCUT2D eigenvalue weighted by atomic mass is 79.9. The van der Waals surface area contributed by atoms with Crippen molar-refractivity contribution in [2.75, 3.05) is 0 Å². The monoisotopic (exact) mass is 373 g/mol. The van der Waals surface area contributed by atoms with Gasteiger partial charge in [0.25, 0.3) is 0 Å². The minimum absolute atomic E-state index is 0.00157. The second-order valence-electron chi connectivity index (χ2n) is 4.27. The molecule has 0 aliphatic rings. The quantitative estimate of drug-likeness (QED) is 0.592. The summed E-state index contributed by atoms with van der Waals surface area (Å²) >= 11 is 3.11. The molecule has 0 radical (unpaired) electrons.